The summed E-state index contributed by atoms with van der Waals surface area (Å²) in [5.41, 5.74) is 6.92. The van der Waals surface area contributed by atoms with Crippen LogP contribution < -0.4 is 11.1 Å². The molecule has 96 valence electrons. The molecule has 0 aliphatic heterocycles. The Morgan fingerprint density at radius 2 is 2.41 bits per heavy atom. The van der Waals surface area contributed by atoms with Gasteiger partial charge in [-0.25, -0.2) is 0 Å². The second-order valence-corrected chi connectivity index (χ2v) is 4.38. The standard InChI is InChI=1S/C12H22N4O/c1-3-4-11(13)7-12(17)14-5-6-16-9-10(2)8-15-16/h8-9,11H,3-7,13H2,1-2H3,(H,14,17). The van der Waals surface area contributed by atoms with Crippen molar-refractivity contribution in [2.24, 2.45) is 5.73 Å². The zero-order valence-corrected chi connectivity index (χ0v) is 10.6. The van der Waals surface area contributed by atoms with Gasteiger partial charge in [0, 0.05) is 25.2 Å². The summed E-state index contributed by atoms with van der Waals surface area (Å²) >= 11 is 0. The molecule has 17 heavy (non-hydrogen) atoms. The van der Waals surface area contributed by atoms with Crippen molar-refractivity contribution in [2.45, 2.75) is 45.7 Å². The number of carbonyl (C=O) groups is 1. The van der Waals surface area contributed by atoms with Crippen LogP contribution in [0, 0.1) is 6.92 Å². The van der Waals surface area contributed by atoms with Gasteiger partial charge >= 0.3 is 0 Å². The van der Waals surface area contributed by atoms with E-state index in [1.165, 1.54) is 0 Å². The minimum Gasteiger partial charge on any atom is -0.354 e. The van der Waals surface area contributed by atoms with Gasteiger partial charge in [0.05, 0.1) is 12.7 Å². The summed E-state index contributed by atoms with van der Waals surface area (Å²) in [6.07, 6.45) is 6.08. The fourth-order valence-electron chi connectivity index (χ4n) is 1.68. The molecule has 0 aliphatic carbocycles. The minimum absolute atomic E-state index is 0.0213. The Labute approximate surface area is 102 Å². The molecule has 0 aliphatic rings. The molecule has 1 amide bonds. The average molecular weight is 238 g/mol. The highest BCUT2D eigenvalue weighted by Gasteiger charge is 2.07. The molecule has 0 saturated carbocycles. The molecule has 0 aromatic carbocycles. The van der Waals surface area contributed by atoms with E-state index in [9.17, 15) is 4.79 Å². The normalized spacial score (nSPS) is 12.4. The molecule has 1 aromatic rings. The van der Waals surface area contributed by atoms with Crippen LogP contribution in [-0.2, 0) is 11.3 Å². The van der Waals surface area contributed by atoms with Gasteiger partial charge in [-0.3, -0.25) is 9.48 Å². The summed E-state index contributed by atoms with van der Waals surface area (Å²) in [6.45, 7) is 5.35. The highest BCUT2D eigenvalue weighted by molar-refractivity contribution is 5.76. The number of hydrogen-bond donors (Lipinski definition) is 2. The molecule has 1 unspecified atom stereocenters. The predicted octanol–water partition coefficient (Wildman–Crippen LogP) is 0.825. The molecule has 1 heterocycles. The zero-order chi connectivity index (χ0) is 12.7. The van der Waals surface area contributed by atoms with Crippen molar-refractivity contribution in [3.63, 3.8) is 0 Å². The van der Waals surface area contributed by atoms with Gasteiger partial charge in [-0.2, -0.15) is 5.10 Å². The molecule has 0 saturated heterocycles. The van der Waals surface area contributed by atoms with Crippen LogP contribution in [0.25, 0.3) is 0 Å². The number of aromatic nitrogens is 2. The molecule has 0 spiro atoms. The summed E-state index contributed by atoms with van der Waals surface area (Å²) in [7, 11) is 0. The maximum absolute atomic E-state index is 11.5. The number of amides is 1. The molecular formula is C12H22N4O. The molecule has 0 fully saturated rings. The van der Waals surface area contributed by atoms with Gasteiger partial charge in [-0.15, -0.1) is 0 Å². The monoisotopic (exact) mass is 238 g/mol. The van der Waals surface area contributed by atoms with E-state index >= 15 is 0 Å². The van der Waals surface area contributed by atoms with Crippen LogP contribution in [0.4, 0.5) is 0 Å². The fourth-order valence-corrected chi connectivity index (χ4v) is 1.68. The largest absolute Gasteiger partial charge is 0.354 e. The third kappa shape index (κ3) is 5.49. The van der Waals surface area contributed by atoms with Crippen LogP contribution in [0.5, 0.6) is 0 Å². The van der Waals surface area contributed by atoms with Gasteiger partial charge < -0.3 is 11.1 Å². The maximum atomic E-state index is 11.5. The van der Waals surface area contributed by atoms with Gasteiger partial charge in [0.1, 0.15) is 0 Å². The number of rotatable bonds is 7. The van der Waals surface area contributed by atoms with Crippen molar-refractivity contribution in [3.05, 3.63) is 18.0 Å². The molecule has 1 aromatic heterocycles. The van der Waals surface area contributed by atoms with E-state index in [4.69, 9.17) is 5.73 Å². The zero-order valence-electron chi connectivity index (χ0n) is 10.6. The van der Waals surface area contributed by atoms with Gasteiger partial charge in [-0.05, 0) is 18.9 Å². The molecule has 5 heteroatoms. The average Bonchev–Trinajstić information content (AvgIpc) is 2.64. The molecule has 0 bridgehead atoms. The Morgan fingerprint density at radius 3 is 3.00 bits per heavy atom. The van der Waals surface area contributed by atoms with E-state index in [1.807, 2.05) is 17.8 Å². The Hall–Kier alpha value is -1.36. The van der Waals surface area contributed by atoms with Crippen molar-refractivity contribution in [3.8, 4) is 0 Å². The van der Waals surface area contributed by atoms with Crippen LogP contribution in [-0.4, -0.2) is 28.3 Å². The minimum atomic E-state index is -0.0213. The second-order valence-electron chi connectivity index (χ2n) is 4.38. The van der Waals surface area contributed by atoms with E-state index in [0.29, 0.717) is 19.5 Å². The van der Waals surface area contributed by atoms with Crippen molar-refractivity contribution in [1.29, 1.82) is 0 Å². The quantitative estimate of drug-likeness (QED) is 0.739. The van der Waals surface area contributed by atoms with Crippen molar-refractivity contribution >= 4 is 5.91 Å². The Bertz CT molecular complexity index is 348. The van der Waals surface area contributed by atoms with Crippen LogP contribution in [0.15, 0.2) is 12.4 Å². The summed E-state index contributed by atoms with van der Waals surface area (Å²) in [6, 6.07) is -0.0213. The first-order valence-electron chi connectivity index (χ1n) is 6.13. The lowest BCUT2D eigenvalue weighted by atomic mass is 10.1. The summed E-state index contributed by atoms with van der Waals surface area (Å²) in [4.78, 5) is 11.5. The number of nitrogens with zero attached hydrogens (tertiary/aromatic N) is 2. The topological polar surface area (TPSA) is 72.9 Å². The van der Waals surface area contributed by atoms with Crippen LogP contribution in [0.3, 0.4) is 0 Å². The van der Waals surface area contributed by atoms with E-state index in [-0.39, 0.29) is 11.9 Å². The van der Waals surface area contributed by atoms with E-state index in [0.717, 1.165) is 18.4 Å². The van der Waals surface area contributed by atoms with Crippen molar-refractivity contribution in [1.82, 2.24) is 15.1 Å². The molecule has 5 nitrogen and oxygen atoms in total. The first-order chi connectivity index (χ1) is 8.11. The van der Waals surface area contributed by atoms with Crippen LogP contribution in [0.2, 0.25) is 0 Å². The summed E-state index contributed by atoms with van der Waals surface area (Å²) < 4.78 is 1.82. The van der Waals surface area contributed by atoms with Gasteiger partial charge in [-0.1, -0.05) is 13.3 Å². The Kier molecular flexibility index (Phi) is 5.69. The molecule has 1 rings (SSSR count). The first-order valence-corrected chi connectivity index (χ1v) is 6.13. The van der Waals surface area contributed by atoms with E-state index in [2.05, 4.69) is 17.3 Å². The second kappa shape index (κ2) is 7.06. The maximum Gasteiger partial charge on any atom is 0.221 e. The predicted molar refractivity (Wildman–Crippen MR) is 67.5 cm³/mol. The number of aryl methyl sites for hydroxylation is 1. The third-order valence-corrected chi connectivity index (χ3v) is 2.53. The smallest absolute Gasteiger partial charge is 0.221 e. The molecule has 3 N–H and O–H groups in total. The number of nitrogens with two attached hydrogens (primary N) is 1. The van der Waals surface area contributed by atoms with Gasteiger partial charge in [0.2, 0.25) is 5.91 Å². The lowest BCUT2D eigenvalue weighted by molar-refractivity contribution is -0.121. The van der Waals surface area contributed by atoms with Gasteiger partial charge in [0.15, 0.2) is 0 Å². The fraction of sp³-hybridized carbons (Fsp3) is 0.667. The lowest BCUT2D eigenvalue weighted by Gasteiger charge is -2.10. The Morgan fingerprint density at radius 1 is 1.65 bits per heavy atom. The number of carbonyl (C=O) groups excluding carboxylic acids is 1. The highest BCUT2D eigenvalue weighted by atomic mass is 16.1. The molecule has 0 radical (unpaired) electrons. The first kappa shape index (κ1) is 13.7. The van der Waals surface area contributed by atoms with Crippen molar-refractivity contribution < 1.29 is 4.79 Å². The lowest BCUT2D eigenvalue weighted by Crippen LogP contribution is -2.33. The van der Waals surface area contributed by atoms with E-state index < -0.39 is 0 Å². The molecule has 1 atom stereocenters. The summed E-state index contributed by atoms with van der Waals surface area (Å²) in [5, 5.41) is 6.99. The third-order valence-electron chi connectivity index (χ3n) is 2.53. The van der Waals surface area contributed by atoms with E-state index in [1.54, 1.807) is 6.20 Å². The summed E-state index contributed by atoms with van der Waals surface area (Å²) in [5.74, 6) is 0.0230. The SMILES string of the molecule is CCCC(N)CC(=O)NCCn1cc(C)cn1. The van der Waals surface area contributed by atoms with Crippen LogP contribution in [0.1, 0.15) is 31.7 Å². The van der Waals surface area contributed by atoms with Crippen molar-refractivity contribution in [2.75, 3.05) is 6.54 Å². The number of hydrogen-bond acceptors (Lipinski definition) is 3. The van der Waals surface area contributed by atoms with Crippen LogP contribution >= 0.6 is 0 Å². The van der Waals surface area contributed by atoms with Gasteiger partial charge in [0.25, 0.3) is 0 Å². The molecular weight excluding hydrogens is 216 g/mol. The highest BCUT2D eigenvalue weighted by Crippen LogP contribution is 1.98. The number of nitrogens with one attached hydrogen (secondary N) is 1. The Balaban J connectivity index is 2.16.